The van der Waals surface area contributed by atoms with Gasteiger partial charge in [0.1, 0.15) is 5.82 Å². The molecule has 0 radical (unpaired) electrons. The van der Waals surface area contributed by atoms with Crippen LogP contribution in [0.25, 0.3) is 0 Å². The van der Waals surface area contributed by atoms with Gasteiger partial charge in [-0.2, -0.15) is 4.31 Å². The number of nitrogens with zero attached hydrogens (tertiary/aromatic N) is 5. The Morgan fingerprint density at radius 2 is 1.90 bits per heavy atom. The monoisotopic (exact) mass is 414 g/mol. The van der Waals surface area contributed by atoms with Gasteiger partial charge in [-0.25, -0.2) is 27.8 Å². The zero-order valence-corrected chi connectivity index (χ0v) is 16.3. The van der Waals surface area contributed by atoms with Gasteiger partial charge in [0.15, 0.2) is 5.82 Å². The van der Waals surface area contributed by atoms with E-state index in [1.807, 2.05) is 0 Å². The fourth-order valence-corrected chi connectivity index (χ4v) is 4.82. The van der Waals surface area contributed by atoms with Crippen LogP contribution in [-0.4, -0.2) is 45.7 Å². The highest BCUT2D eigenvalue weighted by atomic mass is 32.2. The zero-order chi connectivity index (χ0) is 20.3. The molecule has 0 saturated carbocycles. The molecule has 3 heterocycles. The van der Waals surface area contributed by atoms with Crippen LogP contribution in [0.15, 0.2) is 60.0 Å². The summed E-state index contributed by atoms with van der Waals surface area (Å²) in [6.45, 7) is 0.729. The topological polar surface area (TPSA) is 101 Å². The zero-order valence-electron chi connectivity index (χ0n) is 15.4. The summed E-state index contributed by atoms with van der Waals surface area (Å²) in [6.07, 6.45) is 7.85. The van der Waals surface area contributed by atoms with E-state index in [1.165, 1.54) is 16.4 Å². The lowest BCUT2D eigenvalue weighted by Crippen LogP contribution is -2.39. The first-order valence-corrected chi connectivity index (χ1v) is 10.6. The first-order chi connectivity index (χ1) is 14.0. The maximum Gasteiger partial charge on any atom is 0.243 e. The predicted molar refractivity (Wildman–Crippen MR) is 104 cm³/mol. The summed E-state index contributed by atoms with van der Waals surface area (Å²) in [5, 5.41) is 2.99. The lowest BCUT2D eigenvalue weighted by molar-refractivity contribution is 0.312. The molecule has 3 aromatic rings. The third-order valence-corrected chi connectivity index (χ3v) is 6.61. The molecule has 1 aromatic carbocycles. The lowest BCUT2D eigenvalue weighted by Gasteiger charge is -2.31. The minimum atomic E-state index is -3.69. The standard InChI is InChI=1S/C19H19FN6O2S/c20-15-3-5-16(6-4-15)29(27,28)26-11-1-2-14(13-26)17-7-8-23-19(24-17)25-18-12-21-9-10-22-18/h3-10,12,14H,1-2,11,13H2,(H,22,23,24,25)/t14-/m1/s1. The fraction of sp³-hybridized carbons (Fsp3) is 0.263. The largest absolute Gasteiger partial charge is 0.307 e. The van der Waals surface area contributed by atoms with Crippen molar-refractivity contribution in [3.63, 3.8) is 0 Å². The molecule has 1 N–H and O–H groups in total. The van der Waals surface area contributed by atoms with Gasteiger partial charge >= 0.3 is 0 Å². The Hall–Kier alpha value is -2.98. The number of hydrogen-bond acceptors (Lipinski definition) is 7. The Kier molecular flexibility index (Phi) is 5.45. The van der Waals surface area contributed by atoms with Crippen LogP contribution in [0.2, 0.25) is 0 Å². The molecule has 2 aromatic heterocycles. The summed E-state index contributed by atoms with van der Waals surface area (Å²) in [5.41, 5.74) is 0.755. The van der Waals surface area contributed by atoms with E-state index in [4.69, 9.17) is 0 Å². The van der Waals surface area contributed by atoms with E-state index in [0.29, 0.717) is 31.3 Å². The van der Waals surface area contributed by atoms with Gasteiger partial charge in [-0.3, -0.25) is 4.98 Å². The Balaban J connectivity index is 1.52. The van der Waals surface area contributed by atoms with E-state index in [9.17, 15) is 12.8 Å². The number of benzene rings is 1. The van der Waals surface area contributed by atoms with Gasteiger partial charge in [-0.15, -0.1) is 0 Å². The number of anilines is 2. The minimum Gasteiger partial charge on any atom is -0.307 e. The van der Waals surface area contributed by atoms with Crippen LogP contribution in [0.4, 0.5) is 16.2 Å². The summed E-state index contributed by atoms with van der Waals surface area (Å²) >= 11 is 0. The molecule has 150 valence electrons. The second-order valence-corrected chi connectivity index (χ2v) is 8.61. The molecule has 0 unspecified atom stereocenters. The van der Waals surface area contributed by atoms with Crippen molar-refractivity contribution in [2.24, 2.45) is 0 Å². The summed E-state index contributed by atoms with van der Waals surface area (Å²) < 4.78 is 40.4. The summed E-state index contributed by atoms with van der Waals surface area (Å²) in [6, 6.07) is 6.69. The molecule has 8 nitrogen and oxygen atoms in total. The van der Waals surface area contributed by atoms with Crippen LogP contribution in [0.1, 0.15) is 24.5 Å². The van der Waals surface area contributed by atoms with Gasteiger partial charge in [-0.1, -0.05) is 0 Å². The van der Waals surface area contributed by atoms with Crippen molar-refractivity contribution in [1.82, 2.24) is 24.2 Å². The van der Waals surface area contributed by atoms with Gasteiger partial charge in [0.2, 0.25) is 16.0 Å². The van der Waals surface area contributed by atoms with Crippen LogP contribution in [0, 0.1) is 5.82 Å². The second-order valence-electron chi connectivity index (χ2n) is 6.68. The molecule has 1 saturated heterocycles. The van der Waals surface area contributed by atoms with Gasteiger partial charge in [0.25, 0.3) is 0 Å². The van der Waals surface area contributed by atoms with Crippen molar-refractivity contribution in [1.29, 1.82) is 0 Å². The Bertz CT molecular complexity index is 1080. The maximum absolute atomic E-state index is 13.2. The fourth-order valence-electron chi connectivity index (χ4n) is 3.30. The molecule has 29 heavy (non-hydrogen) atoms. The van der Waals surface area contributed by atoms with E-state index >= 15 is 0 Å². The third kappa shape index (κ3) is 4.38. The molecule has 1 atom stereocenters. The van der Waals surface area contributed by atoms with Crippen LogP contribution in [0.5, 0.6) is 0 Å². The Morgan fingerprint density at radius 1 is 1.07 bits per heavy atom. The number of sulfonamides is 1. The number of piperidine rings is 1. The van der Waals surface area contributed by atoms with Crippen LogP contribution >= 0.6 is 0 Å². The average molecular weight is 414 g/mol. The summed E-state index contributed by atoms with van der Waals surface area (Å²) in [7, 11) is -3.69. The molecule has 10 heteroatoms. The molecule has 1 fully saturated rings. The lowest BCUT2D eigenvalue weighted by atomic mass is 9.96. The van der Waals surface area contributed by atoms with Crippen molar-refractivity contribution in [3.8, 4) is 0 Å². The molecule has 0 spiro atoms. The van der Waals surface area contributed by atoms with E-state index in [-0.39, 0.29) is 10.8 Å². The van der Waals surface area contributed by atoms with Gasteiger partial charge < -0.3 is 5.32 Å². The highest BCUT2D eigenvalue weighted by Gasteiger charge is 2.31. The van der Waals surface area contributed by atoms with Gasteiger partial charge in [0, 0.05) is 37.6 Å². The SMILES string of the molecule is O=S(=O)(c1ccc(F)cc1)N1CCC[C@@H](c2ccnc(Nc3cnccn3)n2)C1. The van der Waals surface area contributed by atoms with Gasteiger partial charge in [-0.05, 0) is 43.2 Å². The first-order valence-electron chi connectivity index (χ1n) is 9.14. The Morgan fingerprint density at radius 3 is 2.66 bits per heavy atom. The second kappa shape index (κ2) is 8.18. The number of hydrogen-bond donors (Lipinski definition) is 1. The van der Waals surface area contributed by atoms with Crippen LogP contribution < -0.4 is 5.32 Å². The van der Waals surface area contributed by atoms with E-state index in [2.05, 4.69) is 25.3 Å². The smallest absolute Gasteiger partial charge is 0.243 e. The van der Waals surface area contributed by atoms with E-state index in [0.717, 1.165) is 24.2 Å². The molecule has 1 aliphatic rings. The Labute approximate surface area is 167 Å². The van der Waals surface area contributed by atoms with E-state index < -0.39 is 15.8 Å². The number of aromatic nitrogens is 4. The van der Waals surface area contributed by atoms with Crippen LogP contribution in [0.3, 0.4) is 0 Å². The molecule has 0 aliphatic carbocycles. The quantitative estimate of drug-likeness (QED) is 0.685. The first kappa shape index (κ1) is 19.3. The van der Waals surface area contributed by atoms with Crippen LogP contribution in [-0.2, 0) is 10.0 Å². The van der Waals surface area contributed by atoms with Crippen molar-refractivity contribution < 1.29 is 12.8 Å². The highest BCUT2D eigenvalue weighted by molar-refractivity contribution is 7.89. The van der Waals surface area contributed by atoms with Crippen molar-refractivity contribution in [2.45, 2.75) is 23.7 Å². The number of rotatable bonds is 5. The molecule has 0 bridgehead atoms. The van der Waals surface area contributed by atoms with Gasteiger partial charge in [0.05, 0.1) is 16.8 Å². The third-order valence-electron chi connectivity index (χ3n) is 4.73. The highest BCUT2D eigenvalue weighted by Crippen LogP contribution is 2.29. The molecular formula is C19H19FN6O2S. The molecule has 0 amide bonds. The maximum atomic E-state index is 13.2. The number of nitrogens with one attached hydrogen (secondary N) is 1. The van der Waals surface area contributed by atoms with Crippen molar-refractivity contribution >= 4 is 21.8 Å². The summed E-state index contributed by atoms with van der Waals surface area (Å²) in [4.78, 5) is 16.9. The molecule has 1 aliphatic heterocycles. The average Bonchev–Trinajstić information content (AvgIpc) is 2.75. The summed E-state index contributed by atoms with van der Waals surface area (Å²) in [5.74, 6) is 0.365. The normalized spacial score (nSPS) is 17.8. The van der Waals surface area contributed by atoms with E-state index in [1.54, 1.807) is 30.9 Å². The predicted octanol–water partition coefficient (Wildman–Crippen LogP) is 2.72. The van der Waals surface area contributed by atoms with Crippen molar-refractivity contribution in [2.75, 3.05) is 18.4 Å². The molecular weight excluding hydrogens is 395 g/mol. The number of halogens is 1. The minimum absolute atomic E-state index is 0.0654. The van der Waals surface area contributed by atoms with Crippen molar-refractivity contribution in [3.05, 3.63) is 66.6 Å². The molecule has 4 rings (SSSR count).